The largest absolute Gasteiger partial charge is 0.464 e. The molecule has 0 bridgehead atoms. The Kier molecular flexibility index (Phi) is 2.07. The van der Waals surface area contributed by atoms with Crippen molar-refractivity contribution in [3.8, 4) is 17.0 Å². The Labute approximate surface area is 93.0 Å². The molecule has 0 unspecified atom stereocenters. The van der Waals surface area contributed by atoms with E-state index in [-0.39, 0.29) is 0 Å². The number of nitrogens with zero attached hydrogens (tertiary/aromatic N) is 2. The first-order valence-electron chi connectivity index (χ1n) is 5.06. The SMILES string of the molecule is c1coc(-c2ccccc2-n2ccnc2)c1. The summed E-state index contributed by atoms with van der Waals surface area (Å²) in [5.41, 5.74) is 2.13. The van der Waals surface area contributed by atoms with Crippen molar-refractivity contribution in [1.29, 1.82) is 0 Å². The van der Waals surface area contributed by atoms with Gasteiger partial charge in [-0.15, -0.1) is 0 Å². The van der Waals surface area contributed by atoms with Gasteiger partial charge in [0, 0.05) is 18.0 Å². The van der Waals surface area contributed by atoms with E-state index in [1.807, 2.05) is 47.2 Å². The van der Waals surface area contributed by atoms with Crippen LogP contribution in [0.15, 0.2) is 65.8 Å². The van der Waals surface area contributed by atoms with Gasteiger partial charge in [-0.05, 0) is 24.3 Å². The topological polar surface area (TPSA) is 31.0 Å². The second kappa shape index (κ2) is 3.70. The summed E-state index contributed by atoms with van der Waals surface area (Å²) in [7, 11) is 0. The molecule has 3 aromatic rings. The average molecular weight is 210 g/mol. The Balaban J connectivity index is 2.19. The van der Waals surface area contributed by atoms with Crippen LogP contribution in [0.3, 0.4) is 0 Å². The summed E-state index contributed by atoms with van der Waals surface area (Å²) in [5, 5.41) is 0. The highest BCUT2D eigenvalue weighted by Crippen LogP contribution is 2.26. The molecule has 0 aliphatic carbocycles. The smallest absolute Gasteiger partial charge is 0.135 e. The molecule has 0 amide bonds. The zero-order chi connectivity index (χ0) is 10.8. The molecule has 0 aliphatic rings. The van der Waals surface area contributed by atoms with Crippen molar-refractivity contribution >= 4 is 0 Å². The summed E-state index contributed by atoms with van der Waals surface area (Å²) < 4.78 is 7.39. The molecule has 0 spiro atoms. The van der Waals surface area contributed by atoms with Gasteiger partial charge in [0.05, 0.1) is 18.3 Å². The van der Waals surface area contributed by atoms with E-state index in [0.29, 0.717) is 0 Å². The minimum absolute atomic E-state index is 0.865. The lowest BCUT2D eigenvalue weighted by molar-refractivity contribution is 0.582. The first kappa shape index (κ1) is 8.97. The highest BCUT2D eigenvalue weighted by Gasteiger charge is 2.07. The molecule has 0 aliphatic heterocycles. The van der Waals surface area contributed by atoms with Crippen molar-refractivity contribution in [2.24, 2.45) is 0 Å². The van der Waals surface area contributed by atoms with E-state index in [9.17, 15) is 0 Å². The van der Waals surface area contributed by atoms with Crippen LogP contribution >= 0.6 is 0 Å². The Morgan fingerprint density at radius 1 is 1.06 bits per heavy atom. The highest BCUT2D eigenvalue weighted by molar-refractivity contribution is 5.68. The third kappa shape index (κ3) is 1.42. The molecule has 0 saturated carbocycles. The summed E-state index contributed by atoms with van der Waals surface area (Å²) in [5.74, 6) is 0.865. The third-order valence-electron chi connectivity index (χ3n) is 2.47. The van der Waals surface area contributed by atoms with Crippen LogP contribution in [0.4, 0.5) is 0 Å². The minimum atomic E-state index is 0.865. The van der Waals surface area contributed by atoms with Crippen LogP contribution in [0.5, 0.6) is 0 Å². The van der Waals surface area contributed by atoms with Crippen molar-refractivity contribution < 1.29 is 4.42 Å². The lowest BCUT2D eigenvalue weighted by Gasteiger charge is -2.07. The molecule has 16 heavy (non-hydrogen) atoms. The van der Waals surface area contributed by atoms with Crippen LogP contribution in [-0.4, -0.2) is 9.55 Å². The van der Waals surface area contributed by atoms with E-state index in [2.05, 4.69) is 4.98 Å². The molecule has 0 atom stereocenters. The number of benzene rings is 1. The van der Waals surface area contributed by atoms with Gasteiger partial charge in [0.2, 0.25) is 0 Å². The van der Waals surface area contributed by atoms with Crippen LogP contribution in [0.25, 0.3) is 17.0 Å². The summed E-state index contributed by atoms with van der Waals surface area (Å²) in [4.78, 5) is 4.05. The van der Waals surface area contributed by atoms with E-state index in [1.54, 1.807) is 18.8 Å². The zero-order valence-corrected chi connectivity index (χ0v) is 8.58. The molecule has 0 N–H and O–H groups in total. The fourth-order valence-electron chi connectivity index (χ4n) is 1.74. The molecule has 0 fully saturated rings. The monoisotopic (exact) mass is 210 g/mol. The zero-order valence-electron chi connectivity index (χ0n) is 8.58. The van der Waals surface area contributed by atoms with Gasteiger partial charge in [0.15, 0.2) is 0 Å². The highest BCUT2D eigenvalue weighted by atomic mass is 16.3. The fourth-order valence-corrected chi connectivity index (χ4v) is 1.74. The van der Waals surface area contributed by atoms with Crippen LogP contribution in [0.1, 0.15) is 0 Å². The van der Waals surface area contributed by atoms with E-state index in [4.69, 9.17) is 4.42 Å². The summed E-state index contributed by atoms with van der Waals surface area (Å²) in [6.45, 7) is 0. The molecule has 3 rings (SSSR count). The molecule has 3 nitrogen and oxygen atoms in total. The Hall–Kier alpha value is -2.29. The average Bonchev–Trinajstić information content (AvgIpc) is 3.03. The van der Waals surface area contributed by atoms with Crippen molar-refractivity contribution in [3.05, 3.63) is 61.4 Å². The van der Waals surface area contributed by atoms with E-state index in [0.717, 1.165) is 17.0 Å². The van der Waals surface area contributed by atoms with Crippen LogP contribution in [0, 0.1) is 0 Å². The van der Waals surface area contributed by atoms with Gasteiger partial charge in [-0.2, -0.15) is 0 Å². The lowest BCUT2D eigenvalue weighted by atomic mass is 10.1. The third-order valence-corrected chi connectivity index (χ3v) is 2.47. The van der Waals surface area contributed by atoms with E-state index < -0.39 is 0 Å². The predicted molar refractivity (Wildman–Crippen MR) is 61.3 cm³/mol. The second-order valence-corrected chi connectivity index (χ2v) is 3.46. The summed E-state index contributed by atoms with van der Waals surface area (Å²) >= 11 is 0. The van der Waals surface area contributed by atoms with Gasteiger partial charge in [0.25, 0.3) is 0 Å². The van der Waals surface area contributed by atoms with Crippen LogP contribution in [0.2, 0.25) is 0 Å². The standard InChI is InChI=1S/C13H10N2O/c1-2-5-12(15-8-7-14-10-15)11(4-1)13-6-3-9-16-13/h1-10H. The quantitative estimate of drug-likeness (QED) is 0.650. The number of rotatable bonds is 2. The number of imidazole rings is 1. The Bertz CT molecular complexity index is 515. The van der Waals surface area contributed by atoms with Crippen molar-refractivity contribution in [2.45, 2.75) is 0 Å². The number of hydrogen-bond donors (Lipinski definition) is 0. The molecule has 0 saturated heterocycles. The maximum atomic E-state index is 5.42. The minimum Gasteiger partial charge on any atom is -0.464 e. The number of para-hydroxylation sites is 1. The van der Waals surface area contributed by atoms with Gasteiger partial charge in [-0.1, -0.05) is 12.1 Å². The summed E-state index contributed by atoms with van der Waals surface area (Å²) in [6.07, 6.45) is 7.14. The van der Waals surface area contributed by atoms with Crippen molar-refractivity contribution in [1.82, 2.24) is 9.55 Å². The molecule has 3 heteroatoms. The second-order valence-electron chi connectivity index (χ2n) is 3.46. The summed E-state index contributed by atoms with van der Waals surface area (Å²) in [6, 6.07) is 11.9. The number of aromatic nitrogens is 2. The van der Waals surface area contributed by atoms with Crippen molar-refractivity contribution in [3.63, 3.8) is 0 Å². The van der Waals surface area contributed by atoms with Gasteiger partial charge in [-0.25, -0.2) is 4.98 Å². The van der Waals surface area contributed by atoms with Crippen molar-refractivity contribution in [2.75, 3.05) is 0 Å². The van der Waals surface area contributed by atoms with Gasteiger partial charge < -0.3 is 8.98 Å². The predicted octanol–water partition coefficient (Wildman–Crippen LogP) is 3.13. The van der Waals surface area contributed by atoms with Crippen LogP contribution < -0.4 is 0 Å². The molecule has 78 valence electrons. The molecular formula is C13H10N2O. The first-order valence-corrected chi connectivity index (χ1v) is 5.06. The maximum Gasteiger partial charge on any atom is 0.135 e. The van der Waals surface area contributed by atoms with Gasteiger partial charge >= 0.3 is 0 Å². The Morgan fingerprint density at radius 2 is 2.00 bits per heavy atom. The van der Waals surface area contributed by atoms with E-state index in [1.165, 1.54) is 0 Å². The fraction of sp³-hybridized carbons (Fsp3) is 0. The normalized spacial score (nSPS) is 10.5. The molecule has 1 aromatic carbocycles. The lowest BCUT2D eigenvalue weighted by Crippen LogP contribution is -1.92. The van der Waals surface area contributed by atoms with E-state index >= 15 is 0 Å². The molecule has 2 heterocycles. The molecule has 2 aromatic heterocycles. The number of furan rings is 1. The van der Waals surface area contributed by atoms with Gasteiger partial charge in [0.1, 0.15) is 5.76 Å². The number of hydrogen-bond acceptors (Lipinski definition) is 2. The van der Waals surface area contributed by atoms with Crippen LogP contribution in [-0.2, 0) is 0 Å². The van der Waals surface area contributed by atoms with Gasteiger partial charge in [-0.3, -0.25) is 0 Å². The molecule has 0 radical (unpaired) electrons. The molecular weight excluding hydrogens is 200 g/mol. The first-order chi connectivity index (χ1) is 7.95. The Morgan fingerprint density at radius 3 is 2.75 bits per heavy atom. The maximum absolute atomic E-state index is 5.42.